The Hall–Kier alpha value is -3.06. The van der Waals surface area contributed by atoms with Crippen LogP contribution in [0.1, 0.15) is 44.9 Å². The zero-order valence-electron chi connectivity index (χ0n) is 19.5. The minimum atomic E-state index is -0.715. The molecule has 0 aliphatic carbocycles. The SMILES string of the molecule is CCNC(=NCC(=O)N(CC)Cc1ccccc1)NCC(O)c1ccc(OC(C)C)cc1. The first-order valence-electron chi connectivity index (χ1n) is 11.2. The second kappa shape index (κ2) is 13.4. The highest BCUT2D eigenvalue weighted by Gasteiger charge is 2.13. The van der Waals surface area contributed by atoms with Crippen LogP contribution in [0.2, 0.25) is 0 Å². The van der Waals surface area contributed by atoms with Gasteiger partial charge in [-0.3, -0.25) is 4.79 Å². The topological polar surface area (TPSA) is 86.2 Å². The van der Waals surface area contributed by atoms with Gasteiger partial charge in [0.2, 0.25) is 5.91 Å². The maximum Gasteiger partial charge on any atom is 0.244 e. The highest BCUT2D eigenvalue weighted by Crippen LogP contribution is 2.18. The van der Waals surface area contributed by atoms with Crippen molar-refractivity contribution in [1.29, 1.82) is 0 Å². The van der Waals surface area contributed by atoms with Crippen molar-refractivity contribution in [3.05, 3.63) is 65.7 Å². The normalized spacial score (nSPS) is 12.4. The molecule has 0 heterocycles. The van der Waals surface area contributed by atoms with Crippen LogP contribution < -0.4 is 15.4 Å². The number of guanidine groups is 1. The molecular weight excluding hydrogens is 404 g/mol. The summed E-state index contributed by atoms with van der Waals surface area (Å²) in [6.45, 7) is 9.99. The average Bonchev–Trinajstić information content (AvgIpc) is 2.79. The molecule has 0 aromatic heterocycles. The largest absolute Gasteiger partial charge is 0.491 e. The second-order valence-corrected chi connectivity index (χ2v) is 7.72. The van der Waals surface area contributed by atoms with Gasteiger partial charge < -0.3 is 25.4 Å². The summed E-state index contributed by atoms with van der Waals surface area (Å²) >= 11 is 0. The second-order valence-electron chi connectivity index (χ2n) is 7.72. The van der Waals surface area contributed by atoms with E-state index in [0.29, 0.717) is 25.6 Å². The van der Waals surface area contributed by atoms with Gasteiger partial charge in [-0.1, -0.05) is 42.5 Å². The summed E-state index contributed by atoms with van der Waals surface area (Å²) in [6, 6.07) is 17.3. The number of ether oxygens (including phenoxy) is 1. The first-order chi connectivity index (χ1) is 15.4. The summed E-state index contributed by atoms with van der Waals surface area (Å²) < 4.78 is 5.64. The zero-order chi connectivity index (χ0) is 23.3. The molecule has 0 bridgehead atoms. The van der Waals surface area contributed by atoms with Crippen LogP contribution in [-0.4, -0.2) is 54.2 Å². The van der Waals surface area contributed by atoms with Crippen LogP contribution in [0.5, 0.6) is 5.75 Å². The van der Waals surface area contributed by atoms with Crippen LogP contribution in [0.15, 0.2) is 59.6 Å². The Morgan fingerprint density at radius 3 is 2.34 bits per heavy atom. The van der Waals surface area contributed by atoms with E-state index >= 15 is 0 Å². The number of carbonyl (C=O) groups is 1. The highest BCUT2D eigenvalue weighted by molar-refractivity contribution is 5.85. The Morgan fingerprint density at radius 1 is 1.06 bits per heavy atom. The van der Waals surface area contributed by atoms with E-state index in [2.05, 4.69) is 15.6 Å². The number of amides is 1. The molecule has 0 saturated heterocycles. The summed E-state index contributed by atoms with van der Waals surface area (Å²) in [6.07, 6.45) is -0.613. The molecule has 2 aromatic carbocycles. The van der Waals surface area contributed by atoms with Crippen LogP contribution in [0.4, 0.5) is 0 Å². The maximum atomic E-state index is 12.7. The molecular formula is C25H36N4O3. The Balaban J connectivity index is 1.91. The molecule has 0 saturated carbocycles. The minimum absolute atomic E-state index is 0.0351. The Bertz CT molecular complexity index is 838. The fourth-order valence-electron chi connectivity index (χ4n) is 3.12. The molecule has 174 valence electrons. The van der Waals surface area contributed by atoms with Crippen LogP contribution in [-0.2, 0) is 11.3 Å². The molecule has 0 spiro atoms. The number of nitrogens with one attached hydrogen (secondary N) is 2. The lowest BCUT2D eigenvalue weighted by Crippen LogP contribution is -2.40. The Kier molecular flexibility index (Phi) is 10.5. The van der Waals surface area contributed by atoms with Crippen molar-refractivity contribution < 1.29 is 14.6 Å². The van der Waals surface area contributed by atoms with Crippen molar-refractivity contribution in [2.45, 2.75) is 46.4 Å². The monoisotopic (exact) mass is 440 g/mol. The summed E-state index contributed by atoms with van der Waals surface area (Å²) in [5.74, 6) is 1.22. The van der Waals surface area contributed by atoms with E-state index in [1.165, 1.54) is 0 Å². The van der Waals surface area contributed by atoms with Crippen molar-refractivity contribution in [3.8, 4) is 5.75 Å². The fourth-order valence-corrected chi connectivity index (χ4v) is 3.12. The van der Waals surface area contributed by atoms with Crippen molar-refractivity contribution in [1.82, 2.24) is 15.5 Å². The van der Waals surface area contributed by atoms with E-state index < -0.39 is 6.10 Å². The molecule has 3 N–H and O–H groups in total. The number of nitrogens with zero attached hydrogens (tertiary/aromatic N) is 2. The highest BCUT2D eigenvalue weighted by atomic mass is 16.5. The molecule has 0 fully saturated rings. The molecule has 7 nitrogen and oxygen atoms in total. The summed E-state index contributed by atoms with van der Waals surface area (Å²) in [5.41, 5.74) is 1.87. The number of rotatable bonds is 11. The standard InChI is InChI=1S/C25H36N4O3/c1-5-26-25(27-16-23(30)21-12-14-22(15-13-21)32-19(3)4)28-17-24(31)29(6-2)18-20-10-8-7-9-11-20/h7-15,19,23,30H,5-6,16-18H2,1-4H3,(H2,26,27,28). The number of aliphatic hydroxyl groups excluding tert-OH is 1. The Morgan fingerprint density at radius 2 is 1.75 bits per heavy atom. The fraction of sp³-hybridized carbons (Fsp3) is 0.440. The molecule has 0 aliphatic heterocycles. The predicted octanol–water partition coefficient (Wildman–Crippen LogP) is 3.11. The minimum Gasteiger partial charge on any atom is -0.491 e. The van der Waals surface area contributed by atoms with E-state index in [-0.39, 0.29) is 25.1 Å². The molecule has 2 aromatic rings. The lowest BCUT2D eigenvalue weighted by atomic mass is 10.1. The summed E-state index contributed by atoms with van der Waals surface area (Å²) in [5, 5.41) is 16.8. The van der Waals surface area contributed by atoms with E-state index in [4.69, 9.17) is 4.74 Å². The average molecular weight is 441 g/mol. The van der Waals surface area contributed by atoms with E-state index in [9.17, 15) is 9.90 Å². The zero-order valence-corrected chi connectivity index (χ0v) is 19.5. The molecule has 2 rings (SSSR count). The first-order valence-corrected chi connectivity index (χ1v) is 11.2. The number of carbonyl (C=O) groups excluding carboxylic acids is 1. The third kappa shape index (κ3) is 8.59. The van der Waals surface area contributed by atoms with Crippen molar-refractivity contribution in [2.24, 2.45) is 4.99 Å². The predicted molar refractivity (Wildman–Crippen MR) is 129 cm³/mol. The van der Waals surface area contributed by atoms with Crippen molar-refractivity contribution in [3.63, 3.8) is 0 Å². The van der Waals surface area contributed by atoms with Crippen LogP contribution in [0.25, 0.3) is 0 Å². The van der Waals surface area contributed by atoms with Gasteiger partial charge in [-0.2, -0.15) is 0 Å². The van der Waals surface area contributed by atoms with Gasteiger partial charge in [0.05, 0.1) is 12.2 Å². The molecule has 7 heteroatoms. The first kappa shape index (κ1) is 25.2. The van der Waals surface area contributed by atoms with Gasteiger partial charge in [0.1, 0.15) is 12.3 Å². The summed E-state index contributed by atoms with van der Waals surface area (Å²) in [4.78, 5) is 18.8. The number of benzene rings is 2. The van der Waals surface area contributed by atoms with Gasteiger partial charge >= 0.3 is 0 Å². The van der Waals surface area contributed by atoms with E-state index in [1.807, 2.05) is 82.3 Å². The summed E-state index contributed by atoms with van der Waals surface area (Å²) in [7, 11) is 0. The van der Waals surface area contributed by atoms with Crippen molar-refractivity contribution >= 4 is 11.9 Å². The van der Waals surface area contributed by atoms with Crippen LogP contribution >= 0.6 is 0 Å². The molecule has 32 heavy (non-hydrogen) atoms. The van der Waals surface area contributed by atoms with Gasteiger partial charge in [-0.05, 0) is 51.0 Å². The molecule has 1 unspecified atom stereocenters. The maximum absolute atomic E-state index is 12.7. The number of hydrogen-bond acceptors (Lipinski definition) is 4. The Labute approximate surface area is 191 Å². The molecule has 1 amide bonds. The van der Waals surface area contributed by atoms with Gasteiger partial charge in [0.25, 0.3) is 0 Å². The molecule has 0 aliphatic rings. The van der Waals surface area contributed by atoms with Crippen LogP contribution in [0.3, 0.4) is 0 Å². The lowest BCUT2D eigenvalue weighted by molar-refractivity contribution is -0.130. The van der Waals surface area contributed by atoms with E-state index in [0.717, 1.165) is 16.9 Å². The molecule has 0 radical (unpaired) electrons. The van der Waals surface area contributed by atoms with Gasteiger partial charge in [-0.25, -0.2) is 4.99 Å². The number of hydrogen-bond donors (Lipinski definition) is 3. The van der Waals surface area contributed by atoms with Gasteiger partial charge in [-0.15, -0.1) is 0 Å². The number of likely N-dealkylation sites (N-methyl/N-ethyl adjacent to an activating group) is 1. The number of aliphatic imine (C=N–C) groups is 1. The van der Waals surface area contributed by atoms with Crippen molar-refractivity contribution in [2.75, 3.05) is 26.2 Å². The van der Waals surface area contributed by atoms with Gasteiger partial charge in [0.15, 0.2) is 5.96 Å². The van der Waals surface area contributed by atoms with Gasteiger partial charge in [0, 0.05) is 26.2 Å². The lowest BCUT2D eigenvalue weighted by Gasteiger charge is -2.21. The third-order valence-corrected chi connectivity index (χ3v) is 4.77. The van der Waals surface area contributed by atoms with Crippen LogP contribution in [0, 0.1) is 0 Å². The quantitative estimate of drug-likeness (QED) is 0.369. The van der Waals surface area contributed by atoms with E-state index in [1.54, 1.807) is 4.90 Å². The smallest absolute Gasteiger partial charge is 0.244 e. The molecule has 1 atom stereocenters. The number of aliphatic hydroxyl groups is 1. The third-order valence-electron chi connectivity index (χ3n) is 4.77.